The van der Waals surface area contributed by atoms with Gasteiger partial charge in [-0.15, -0.1) is 0 Å². The SMILES string of the molecule is CC(c1ccccc1Cl)N(C)c1ccc(CO)cc1Br. The summed E-state index contributed by atoms with van der Waals surface area (Å²) in [4.78, 5) is 2.16. The van der Waals surface area contributed by atoms with Gasteiger partial charge in [0.15, 0.2) is 0 Å². The van der Waals surface area contributed by atoms with Gasteiger partial charge >= 0.3 is 0 Å². The first-order valence-electron chi connectivity index (χ1n) is 6.41. The number of benzene rings is 2. The van der Waals surface area contributed by atoms with Gasteiger partial charge in [0.2, 0.25) is 0 Å². The topological polar surface area (TPSA) is 23.5 Å². The summed E-state index contributed by atoms with van der Waals surface area (Å²) < 4.78 is 0.963. The number of halogens is 2. The first-order chi connectivity index (χ1) is 9.54. The lowest BCUT2D eigenvalue weighted by atomic mass is 10.1. The third kappa shape index (κ3) is 3.17. The molecule has 0 saturated carbocycles. The number of hydrogen-bond donors (Lipinski definition) is 1. The van der Waals surface area contributed by atoms with Crippen LogP contribution in [0.15, 0.2) is 46.9 Å². The lowest BCUT2D eigenvalue weighted by molar-refractivity contribution is 0.282. The van der Waals surface area contributed by atoms with Gasteiger partial charge < -0.3 is 10.0 Å². The van der Waals surface area contributed by atoms with E-state index in [1.165, 1.54) is 0 Å². The summed E-state index contributed by atoms with van der Waals surface area (Å²) in [5.41, 5.74) is 3.05. The van der Waals surface area contributed by atoms with E-state index in [1.807, 2.05) is 49.5 Å². The zero-order chi connectivity index (χ0) is 14.7. The molecule has 0 bridgehead atoms. The molecular weight excluding hydrogens is 338 g/mol. The smallest absolute Gasteiger partial charge is 0.0682 e. The van der Waals surface area contributed by atoms with Crippen molar-refractivity contribution >= 4 is 33.2 Å². The highest BCUT2D eigenvalue weighted by Crippen LogP contribution is 2.34. The molecule has 2 nitrogen and oxygen atoms in total. The summed E-state index contributed by atoms with van der Waals surface area (Å²) in [6.07, 6.45) is 0. The zero-order valence-electron chi connectivity index (χ0n) is 11.5. The van der Waals surface area contributed by atoms with Gasteiger partial charge in [0.1, 0.15) is 0 Å². The fourth-order valence-electron chi connectivity index (χ4n) is 2.17. The average Bonchev–Trinajstić information content (AvgIpc) is 2.46. The van der Waals surface area contributed by atoms with Crippen molar-refractivity contribution < 1.29 is 5.11 Å². The standard InChI is InChI=1S/C16H17BrClNO/c1-11(13-5-3-4-6-15(13)18)19(2)16-8-7-12(10-20)9-14(16)17/h3-9,11,20H,10H2,1-2H3. The fraction of sp³-hybridized carbons (Fsp3) is 0.250. The van der Waals surface area contributed by atoms with Crippen LogP contribution in [0.5, 0.6) is 0 Å². The number of anilines is 1. The highest BCUT2D eigenvalue weighted by molar-refractivity contribution is 9.10. The molecular formula is C16H17BrClNO. The predicted molar refractivity (Wildman–Crippen MR) is 88.3 cm³/mol. The summed E-state index contributed by atoms with van der Waals surface area (Å²) >= 11 is 9.83. The summed E-state index contributed by atoms with van der Waals surface area (Å²) in [6, 6.07) is 13.9. The second-order valence-corrected chi connectivity index (χ2v) is 6.01. The molecule has 0 aliphatic heterocycles. The highest BCUT2D eigenvalue weighted by atomic mass is 79.9. The van der Waals surface area contributed by atoms with Crippen molar-refractivity contribution in [2.24, 2.45) is 0 Å². The van der Waals surface area contributed by atoms with Crippen LogP contribution in [0.1, 0.15) is 24.1 Å². The molecule has 0 fully saturated rings. The molecule has 2 aromatic carbocycles. The Bertz CT molecular complexity index is 603. The van der Waals surface area contributed by atoms with Crippen LogP contribution in [0, 0.1) is 0 Å². The van der Waals surface area contributed by atoms with Crippen molar-refractivity contribution in [2.45, 2.75) is 19.6 Å². The molecule has 1 unspecified atom stereocenters. The molecule has 0 aromatic heterocycles. The minimum Gasteiger partial charge on any atom is -0.392 e. The van der Waals surface area contributed by atoms with Crippen LogP contribution < -0.4 is 4.90 Å². The molecule has 0 saturated heterocycles. The summed E-state index contributed by atoms with van der Waals surface area (Å²) in [7, 11) is 2.03. The maximum atomic E-state index is 9.16. The van der Waals surface area contributed by atoms with Crippen molar-refractivity contribution in [2.75, 3.05) is 11.9 Å². The van der Waals surface area contributed by atoms with Gasteiger partial charge in [-0.05, 0) is 52.2 Å². The minimum atomic E-state index is 0.0443. The molecule has 0 amide bonds. The van der Waals surface area contributed by atoms with Crippen molar-refractivity contribution in [3.63, 3.8) is 0 Å². The van der Waals surface area contributed by atoms with E-state index in [-0.39, 0.29) is 12.6 Å². The fourth-order valence-corrected chi connectivity index (χ4v) is 3.17. The monoisotopic (exact) mass is 353 g/mol. The molecule has 4 heteroatoms. The van der Waals surface area contributed by atoms with E-state index in [0.717, 1.165) is 26.3 Å². The Balaban J connectivity index is 2.31. The number of aliphatic hydroxyl groups is 1. The second-order valence-electron chi connectivity index (χ2n) is 4.75. The van der Waals surface area contributed by atoms with Gasteiger partial charge in [-0.25, -0.2) is 0 Å². The Hall–Kier alpha value is -1.03. The predicted octanol–water partition coefficient (Wildman–Crippen LogP) is 4.79. The molecule has 1 atom stereocenters. The minimum absolute atomic E-state index is 0.0443. The number of aliphatic hydroxyl groups excluding tert-OH is 1. The Morgan fingerprint density at radius 3 is 2.55 bits per heavy atom. The van der Waals surface area contributed by atoms with Crippen LogP contribution in [-0.2, 0) is 6.61 Å². The molecule has 1 N–H and O–H groups in total. The molecule has 0 spiro atoms. The number of hydrogen-bond acceptors (Lipinski definition) is 2. The summed E-state index contributed by atoms with van der Waals surface area (Å²) in [5.74, 6) is 0. The molecule has 106 valence electrons. The van der Waals surface area contributed by atoms with Gasteiger partial charge in [-0.1, -0.05) is 35.9 Å². The highest BCUT2D eigenvalue weighted by Gasteiger charge is 2.16. The molecule has 2 aromatic rings. The van der Waals surface area contributed by atoms with Crippen LogP contribution in [0.2, 0.25) is 5.02 Å². The van der Waals surface area contributed by atoms with Crippen molar-refractivity contribution in [3.8, 4) is 0 Å². The normalized spacial score (nSPS) is 12.2. The largest absolute Gasteiger partial charge is 0.392 e. The summed E-state index contributed by atoms with van der Waals surface area (Å²) in [6.45, 7) is 2.16. The second kappa shape index (κ2) is 6.61. The van der Waals surface area contributed by atoms with E-state index in [2.05, 4.69) is 27.8 Å². The van der Waals surface area contributed by atoms with E-state index >= 15 is 0 Å². The van der Waals surface area contributed by atoms with Gasteiger partial charge in [0, 0.05) is 16.5 Å². The van der Waals surface area contributed by atoms with Crippen molar-refractivity contribution in [3.05, 3.63) is 63.1 Å². The van der Waals surface area contributed by atoms with Gasteiger partial charge in [-0.2, -0.15) is 0 Å². The first-order valence-corrected chi connectivity index (χ1v) is 7.58. The van der Waals surface area contributed by atoms with Crippen LogP contribution in [0.25, 0.3) is 0 Å². The maximum Gasteiger partial charge on any atom is 0.0682 e. The Morgan fingerprint density at radius 1 is 1.25 bits per heavy atom. The van der Waals surface area contributed by atoms with Crippen LogP contribution in [0.3, 0.4) is 0 Å². The average molecular weight is 355 g/mol. The van der Waals surface area contributed by atoms with E-state index in [9.17, 15) is 0 Å². The Kier molecular flexibility index (Phi) is 5.08. The van der Waals surface area contributed by atoms with E-state index in [1.54, 1.807) is 0 Å². The van der Waals surface area contributed by atoms with Gasteiger partial charge in [0.05, 0.1) is 18.3 Å². The van der Waals surface area contributed by atoms with Gasteiger partial charge in [0.25, 0.3) is 0 Å². The summed E-state index contributed by atoms with van der Waals surface area (Å²) in [5, 5.41) is 9.94. The van der Waals surface area contributed by atoms with E-state index in [4.69, 9.17) is 16.7 Å². The van der Waals surface area contributed by atoms with Crippen LogP contribution in [0.4, 0.5) is 5.69 Å². The molecule has 0 aliphatic rings. The first kappa shape index (κ1) is 15.4. The Labute approximate surface area is 133 Å². The molecule has 0 heterocycles. The maximum absolute atomic E-state index is 9.16. The number of nitrogens with zero attached hydrogens (tertiary/aromatic N) is 1. The van der Waals surface area contributed by atoms with E-state index in [0.29, 0.717) is 0 Å². The molecule has 2 rings (SSSR count). The van der Waals surface area contributed by atoms with Crippen LogP contribution in [-0.4, -0.2) is 12.2 Å². The third-order valence-electron chi connectivity index (χ3n) is 3.51. The quantitative estimate of drug-likeness (QED) is 0.853. The van der Waals surface area contributed by atoms with Crippen LogP contribution >= 0.6 is 27.5 Å². The molecule has 0 aliphatic carbocycles. The van der Waals surface area contributed by atoms with Gasteiger partial charge in [-0.3, -0.25) is 0 Å². The Morgan fingerprint density at radius 2 is 1.95 bits per heavy atom. The molecule has 20 heavy (non-hydrogen) atoms. The lowest BCUT2D eigenvalue weighted by Gasteiger charge is -2.29. The third-order valence-corrected chi connectivity index (χ3v) is 4.49. The lowest BCUT2D eigenvalue weighted by Crippen LogP contribution is -2.22. The van der Waals surface area contributed by atoms with Crippen molar-refractivity contribution in [1.82, 2.24) is 0 Å². The zero-order valence-corrected chi connectivity index (χ0v) is 13.8. The number of rotatable bonds is 4. The van der Waals surface area contributed by atoms with Crippen molar-refractivity contribution in [1.29, 1.82) is 0 Å². The van der Waals surface area contributed by atoms with E-state index < -0.39 is 0 Å². The molecule has 0 radical (unpaired) electrons.